The van der Waals surface area contributed by atoms with Crippen molar-refractivity contribution in [3.05, 3.63) is 0 Å². The fraction of sp³-hybridized carbons (Fsp3) is 0.889. The van der Waals surface area contributed by atoms with E-state index in [0.29, 0.717) is 19.4 Å². The number of carbonyl (C=O) groups is 2. The van der Waals surface area contributed by atoms with Crippen molar-refractivity contribution in [2.45, 2.75) is 83.7 Å². The summed E-state index contributed by atoms with van der Waals surface area (Å²) >= 11 is 4.38. The number of ether oxygens (including phenoxy) is 2. The first-order valence-electron chi connectivity index (χ1n) is 9.11. The highest BCUT2D eigenvalue weighted by molar-refractivity contribution is 14.1. The van der Waals surface area contributed by atoms with Crippen LogP contribution in [0.5, 0.6) is 0 Å². The third-order valence-corrected chi connectivity index (χ3v) is 4.86. The van der Waals surface area contributed by atoms with Gasteiger partial charge in [0.15, 0.2) is 0 Å². The van der Waals surface area contributed by atoms with E-state index in [9.17, 15) is 9.59 Å². The predicted octanol–water partition coefficient (Wildman–Crippen LogP) is 5.62. The van der Waals surface area contributed by atoms with Crippen molar-refractivity contribution in [2.75, 3.05) is 15.5 Å². The molecule has 0 N–H and O–H groups in total. The van der Waals surface area contributed by atoms with E-state index in [2.05, 4.69) is 52.1 Å². The first-order valence-corrected chi connectivity index (χ1v) is 12.2. The van der Waals surface area contributed by atoms with Crippen molar-refractivity contribution in [3.63, 3.8) is 0 Å². The van der Waals surface area contributed by atoms with Gasteiger partial charge >= 0.3 is 11.9 Å². The molecule has 0 aliphatic heterocycles. The van der Waals surface area contributed by atoms with Gasteiger partial charge in [-0.1, -0.05) is 84.2 Å². The number of halogens is 2. The maximum atomic E-state index is 11.5. The first-order chi connectivity index (χ1) is 11.6. The van der Waals surface area contributed by atoms with Gasteiger partial charge in [0.1, 0.15) is 6.10 Å². The molecule has 0 spiro atoms. The maximum Gasteiger partial charge on any atom is 0.306 e. The summed E-state index contributed by atoms with van der Waals surface area (Å²) in [7, 11) is 0. The summed E-state index contributed by atoms with van der Waals surface area (Å²) in [6.45, 7) is 2.64. The van der Waals surface area contributed by atoms with E-state index in [-0.39, 0.29) is 18.0 Å². The number of alkyl halides is 2. The second-order valence-corrected chi connectivity index (χ2v) is 8.04. The predicted molar refractivity (Wildman–Crippen MR) is 115 cm³/mol. The van der Waals surface area contributed by atoms with Crippen LogP contribution in [0, 0.1) is 0 Å². The van der Waals surface area contributed by atoms with Gasteiger partial charge < -0.3 is 9.47 Å². The highest BCUT2D eigenvalue weighted by Crippen LogP contribution is 2.14. The molecular formula is C18H32I2O4. The molecule has 0 aromatic carbocycles. The number of hydrogen-bond donors (Lipinski definition) is 0. The van der Waals surface area contributed by atoms with Crippen molar-refractivity contribution in [3.8, 4) is 0 Å². The smallest absolute Gasteiger partial charge is 0.306 e. The number of carbonyl (C=O) groups excluding carboxylic acids is 2. The van der Waals surface area contributed by atoms with Crippen molar-refractivity contribution >= 4 is 57.1 Å². The molecule has 4 nitrogen and oxygen atoms in total. The van der Waals surface area contributed by atoms with E-state index in [1.54, 1.807) is 0 Å². The molecule has 0 saturated carbocycles. The Morgan fingerprint density at radius 2 is 1.38 bits per heavy atom. The molecule has 0 aromatic rings. The summed E-state index contributed by atoms with van der Waals surface area (Å²) < 4.78 is 12.2. The van der Waals surface area contributed by atoms with Crippen LogP contribution in [-0.2, 0) is 19.1 Å². The van der Waals surface area contributed by atoms with Crippen LogP contribution in [-0.4, -0.2) is 33.5 Å². The van der Waals surface area contributed by atoms with Gasteiger partial charge in [-0.2, -0.15) is 0 Å². The summed E-state index contributed by atoms with van der Waals surface area (Å²) in [4.78, 5) is 22.7. The Balaban J connectivity index is 3.40. The molecule has 0 radical (unpaired) electrons. The van der Waals surface area contributed by atoms with Gasteiger partial charge in [0, 0.05) is 8.86 Å². The molecule has 0 bridgehead atoms. The van der Waals surface area contributed by atoms with E-state index >= 15 is 0 Å². The topological polar surface area (TPSA) is 52.6 Å². The number of hydrogen-bond acceptors (Lipinski definition) is 4. The fourth-order valence-corrected chi connectivity index (χ4v) is 3.24. The minimum absolute atomic E-state index is 0.0598. The molecule has 1 unspecified atom stereocenters. The van der Waals surface area contributed by atoms with Crippen LogP contribution in [0.25, 0.3) is 0 Å². The van der Waals surface area contributed by atoms with E-state index in [4.69, 9.17) is 9.47 Å². The van der Waals surface area contributed by atoms with Gasteiger partial charge in [-0.15, -0.1) is 0 Å². The number of rotatable bonds is 16. The first kappa shape index (κ1) is 24.4. The SMILES string of the molecule is CCC(CCCCCCCCCOC(=O)CCI)OC(=O)CCI. The van der Waals surface area contributed by atoms with Crippen LogP contribution < -0.4 is 0 Å². The molecule has 0 aromatic heterocycles. The summed E-state index contributed by atoms with van der Waals surface area (Å²) in [5.41, 5.74) is 0. The second kappa shape index (κ2) is 18.2. The Morgan fingerprint density at radius 1 is 0.833 bits per heavy atom. The van der Waals surface area contributed by atoms with Gasteiger partial charge in [-0.05, 0) is 25.7 Å². The minimum Gasteiger partial charge on any atom is -0.466 e. The molecule has 0 heterocycles. The zero-order valence-corrected chi connectivity index (χ0v) is 19.2. The van der Waals surface area contributed by atoms with Gasteiger partial charge in [0.2, 0.25) is 0 Å². The third kappa shape index (κ3) is 15.9. The van der Waals surface area contributed by atoms with E-state index < -0.39 is 0 Å². The summed E-state index contributed by atoms with van der Waals surface area (Å²) in [6.07, 6.45) is 11.1. The molecule has 0 amide bonds. The van der Waals surface area contributed by atoms with Gasteiger partial charge in [0.05, 0.1) is 19.4 Å². The lowest BCUT2D eigenvalue weighted by atomic mass is 10.1. The monoisotopic (exact) mass is 566 g/mol. The van der Waals surface area contributed by atoms with E-state index in [1.165, 1.54) is 25.7 Å². The number of unbranched alkanes of at least 4 members (excludes halogenated alkanes) is 6. The molecule has 142 valence electrons. The lowest BCUT2D eigenvalue weighted by molar-refractivity contribution is -0.149. The minimum atomic E-state index is -0.0749. The van der Waals surface area contributed by atoms with Gasteiger partial charge in [0.25, 0.3) is 0 Å². The van der Waals surface area contributed by atoms with Crippen LogP contribution in [0.3, 0.4) is 0 Å². The highest BCUT2D eigenvalue weighted by Gasteiger charge is 2.11. The molecule has 0 rings (SSSR count). The fourth-order valence-electron chi connectivity index (χ4n) is 2.36. The Bertz CT molecular complexity index is 324. The Labute approximate surface area is 174 Å². The zero-order valence-electron chi connectivity index (χ0n) is 14.9. The lowest BCUT2D eigenvalue weighted by Crippen LogP contribution is -2.17. The Hall–Kier alpha value is 0.400. The lowest BCUT2D eigenvalue weighted by Gasteiger charge is -2.15. The third-order valence-electron chi connectivity index (χ3n) is 3.78. The van der Waals surface area contributed by atoms with Crippen molar-refractivity contribution in [2.24, 2.45) is 0 Å². The van der Waals surface area contributed by atoms with Crippen molar-refractivity contribution in [1.29, 1.82) is 0 Å². The quantitative estimate of drug-likeness (QED) is 0.105. The number of esters is 2. The standard InChI is InChI=1S/C18H32I2O4/c1-2-16(24-18(22)12-14-20)10-8-6-4-3-5-7-9-15-23-17(21)11-13-19/h16H,2-15H2,1H3. The van der Waals surface area contributed by atoms with Crippen molar-refractivity contribution < 1.29 is 19.1 Å². The molecule has 0 aliphatic carbocycles. The summed E-state index contributed by atoms with van der Waals surface area (Å²) in [6, 6.07) is 0. The highest BCUT2D eigenvalue weighted by atomic mass is 127. The normalized spacial score (nSPS) is 12.0. The molecule has 0 aliphatic rings. The Kier molecular flexibility index (Phi) is 18.5. The molecule has 6 heteroatoms. The molecule has 1 atom stereocenters. The van der Waals surface area contributed by atoms with E-state index in [0.717, 1.165) is 41.0 Å². The van der Waals surface area contributed by atoms with Crippen LogP contribution in [0.2, 0.25) is 0 Å². The zero-order chi connectivity index (χ0) is 18.0. The average Bonchev–Trinajstić information content (AvgIpc) is 2.55. The summed E-state index contributed by atoms with van der Waals surface area (Å²) in [5.74, 6) is -0.135. The average molecular weight is 566 g/mol. The van der Waals surface area contributed by atoms with Crippen LogP contribution in [0.15, 0.2) is 0 Å². The van der Waals surface area contributed by atoms with Crippen LogP contribution in [0.4, 0.5) is 0 Å². The van der Waals surface area contributed by atoms with Crippen molar-refractivity contribution in [1.82, 2.24) is 0 Å². The maximum absolute atomic E-state index is 11.5. The molecule has 0 saturated heterocycles. The second-order valence-electron chi connectivity index (χ2n) is 5.88. The molecule has 0 fully saturated rings. The Morgan fingerprint density at radius 3 is 1.96 bits per heavy atom. The van der Waals surface area contributed by atoms with Crippen LogP contribution in [0.1, 0.15) is 77.6 Å². The summed E-state index contributed by atoms with van der Waals surface area (Å²) in [5, 5.41) is 0. The van der Waals surface area contributed by atoms with Gasteiger partial charge in [-0.3, -0.25) is 9.59 Å². The van der Waals surface area contributed by atoms with Crippen LogP contribution >= 0.6 is 45.2 Å². The molecular weight excluding hydrogens is 534 g/mol. The molecule has 24 heavy (non-hydrogen) atoms. The van der Waals surface area contributed by atoms with Gasteiger partial charge in [-0.25, -0.2) is 0 Å². The largest absolute Gasteiger partial charge is 0.466 e. The van der Waals surface area contributed by atoms with E-state index in [1.807, 2.05) is 0 Å².